The summed E-state index contributed by atoms with van der Waals surface area (Å²) in [6.45, 7) is 15.7. The van der Waals surface area contributed by atoms with Gasteiger partial charge in [0.1, 0.15) is 37.8 Å². The van der Waals surface area contributed by atoms with Gasteiger partial charge in [0.2, 0.25) is 0 Å². The number of hydrogen-bond acceptors (Lipinski definition) is 2. The lowest BCUT2D eigenvalue weighted by Crippen LogP contribution is -2.42. The Labute approximate surface area is 294 Å². The molecule has 264 valence electrons. The molecule has 0 saturated carbocycles. The van der Waals surface area contributed by atoms with Crippen molar-refractivity contribution in [3.63, 3.8) is 0 Å². The number of unbranched alkanes of at least 4 members (excludes halogenated alkanes) is 6. The van der Waals surface area contributed by atoms with Crippen LogP contribution in [0.3, 0.4) is 0 Å². The lowest BCUT2D eigenvalue weighted by molar-refractivity contribution is -0.888. The summed E-state index contributed by atoms with van der Waals surface area (Å²) in [6.07, 6.45) is 12.7. The molecule has 0 N–H and O–H groups in total. The van der Waals surface area contributed by atoms with Crippen LogP contribution in [-0.2, 0) is 5.41 Å². The lowest BCUT2D eigenvalue weighted by Gasteiger charge is -2.33. The molecular formula is C44H68N2O2+2. The summed E-state index contributed by atoms with van der Waals surface area (Å²) in [7, 11) is 11.2. The van der Waals surface area contributed by atoms with E-state index in [0.717, 1.165) is 51.2 Å². The molecule has 1 aliphatic rings. The van der Waals surface area contributed by atoms with Crippen molar-refractivity contribution in [1.82, 2.24) is 0 Å². The summed E-state index contributed by atoms with van der Waals surface area (Å²) in [5.41, 5.74) is 10.9. The maximum atomic E-state index is 6.68. The molecule has 0 radical (unpaired) electrons. The van der Waals surface area contributed by atoms with Gasteiger partial charge in [-0.2, -0.15) is 0 Å². The van der Waals surface area contributed by atoms with Crippen molar-refractivity contribution < 1.29 is 18.4 Å². The third kappa shape index (κ3) is 9.45. The predicted octanol–water partition coefficient (Wildman–Crippen LogP) is 10.7. The van der Waals surface area contributed by atoms with Crippen molar-refractivity contribution in [2.75, 3.05) is 68.1 Å². The van der Waals surface area contributed by atoms with E-state index < -0.39 is 0 Å². The molecule has 3 aromatic rings. The molecule has 48 heavy (non-hydrogen) atoms. The Balaban J connectivity index is 1.83. The Morgan fingerprint density at radius 3 is 1.77 bits per heavy atom. The van der Waals surface area contributed by atoms with E-state index in [1.807, 2.05) is 0 Å². The first-order valence-corrected chi connectivity index (χ1v) is 19.1. The fraction of sp³-hybridized carbons (Fsp3) is 0.591. The van der Waals surface area contributed by atoms with E-state index in [1.54, 1.807) is 5.56 Å². The van der Waals surface area contributed by atoms with E-state index in [9.17, 15) is 0 Å². The zero-order valence-electron chi connectivity index (χ0n) is 32.4. The van der Waals surface area contributed by atoms with Crippen molar-refractivity contribution in [3.05, 3.63) is 70.8 Å². The van der Waals surface area contributed by atoms with Crippen LogP contribution in [0.1, 0.15) is 107 Å². The summed E-state index contributed by atoms with van der Waals surface area (Å²) >= 11 is 0. The number of fused-ring (bicyclic) bond motifs is 3. The van der Waals surface area contributed by atoms with Crippen LogP contribution < -0.4 is 9.47 Å². The van der Waals surface area contributed by atoms with Crippen LogP contribution in [0.2, 0.25) is 0 Å². The fourth-order valence-electron chi connectivity index (χ4n) is 7.30. The van der Waals surface area contributed by atoms with Gasteiger partial charge in [-0.05, 0) is 85.2 Å². The van der Waals surface area contributed by atoms with E-state index in [-0.39, 0.29) is 5.41 Å². The van der Waals surface area contributed by atoms with Crippen molar-refractivity contribution in [2.24, 2.45) is 0 Å². The summed E-state index contributed by atoms with van der Waals surface area (Å²) in [5, 5.41) is 0. The third-order valence-electron chi connectivity index (χ3n) is 10.8. The highest BCUT2D eigenvalue weighted by Gasteiger charge is 2.42. The molecule has 0 heterocycles. The lowest BCUT2D eigenvalue weighted by atomic mass is 9.70. The first-order valence-electron chi connectivity index (χ1n) is 19.1. The molecule has 0 bridgehead atoms. The highest BCUT2D eigenvalue weighted by Crippen LogP contribution is 2.55. The Kier molecular flexibility index (Phi) is 13.2. The number of rotatable bonds is 20. The highest BCUT2D eigenvalue weighted by atomic mass is 16.5. The van der Waals surface area contributed by atoms with Gasteiger partial charge in [-0.15, -0.1) is 0 Å². The number of benzene rings is 3. The molecule has 3 aromatic carbocycles. The second-order valence-electron chi connectivity index (χ2n) is 16.3. The van der Waals surface area contributed by atoms with Crippen LogP contribution in [0.5, 0.6) is 11.5 Å². The molecule has 1 aliphatic carbocycles. The molecule has 0 unspecified atom stereocenters. The van der Waals surface area contributed by atoms with Gasteiger partial charge in [0.15, 0.2) is 0 Å². The van der Waals surface area contributed by atoms with Crippen molar-refractivity contribution in [2.45, 2.75) is 104 Å². The van der Waals surface area contributed by atoms with Gasteiger partial charge in [-0.1, -0.05) is 101 Å². The Morgan fingerprint density at radius 2 is 1.17 bits per heavy atom. The monoisotopic (exact) mass is 657 g/mol. The zero-order chi connectivity index (χ0) is 35.0. The summed E-state index contributed by atoms with van der Waals surface area (Å²) < 4.78 is 15.0. The summed E-state index contributed by atoms with van der Waals surface area (Å²) in [6, 6.07) is 19.0. The Hall–Kier alpha value is -2.82. The Morgan fingerprint density at radius 1 is 0.583 bits per heavy atom. The largest absolute Gasteiger partial charge is 0.487 e. The van der Waals surface area contributed by atoms with Crippen molar-refractivity contribution in [3.8, 4) is 33.8 Å². The second-order valence-corrected chi connectivity index (χ2v) is 16.3. The average Bonchev–Trinajstić information content (AvgIpc) is 3.30. The standard InChI is InChI=1S/C44H68N2O2/c1-11-14-16-18-24-44(25-19-17-15-12-2)40-30-34(4)20-22-37(40)38-23-21-36(32-41(38)44)39-33-42(47-28-26-45(6,7)8)35(5)31-43(39)48-29-27-46(9,10)13-3/h20-23,30-33H,11-19,24-29H2,1-10H3/q+2. The molecule has 0 atom stereocenters. The van der Waals surface area contributed by atoms with Crippen LogP contribution in [0.25, 0.3) is 22.3 Å². The van der Waals surface area contributed by atoms with Gasteiger partial charge < -0.3 is 18.4 Å². The maximum absolute atomic E-state index is 6.68. The van der Waals surface area contributed by atoms with E-state index in [2.05, 4.69) is 118 Å². The van der Waals surface area contributed by atoms with E-state index in [4.69, 9.17) is 9.47 Å². The van der Waals surface area contributed by atoms with E-state index in [1.165, 1.54) is 92.0 Å². The van der Waals surface area contributed by atoms with E-state index >= 15 is 0 Å². The number of likely N-dealkylation sites (N-methyl/N-ethyl adjacent to an activating group) is 2. The van der Waals surface area contributed by atoms with Gasteiger partial charge in [-0.25, -0.2) is 0 Å². The molecule has 0 amide bonds. The normalized spacial score (nSPS) is 13.8. The number of quaternary nitrogens is 2. The minimum atomic E-state index is 0.0481. The zero-order valence-corrected chi connectivity index (χ0v) is 32.4. The molecule has 4 nitrogen and oxygen atoms in total. The summed E-state index contributed by atoms with van der Waals surface area (Å²) in [4.78, 5) is 0. The number of aryl methyl sites for hydroxylation is 2. The Bertz CT molecular complexity index is 1470. The molecule has 0 aliphatic heterocycles. The van der Waals surface area contributed by atoms with Crippen LogP contribution in [0.15, 0.2) is 48.5 Å². The average molecular weight is 657 g/mol. The SMILES string of the molecule is CCCCCCC1(CCCCCC)c2cc(C)ccc2-c2ccc(-c3cc(OCC[N+](C)(C)C)c(C)cc3OCC[N+](C)(C)CC)cc21. The van der Waals surface area contributed by atoms with Crippen LogP contribution in [0.4, 0.5) is 0 Å². The first-order chi connectivity index (χ1) is 22.8. The fourth-order valence-corrected chi connectivity index (χ4v) is 7.30. The van der Waals surface area contributed by atoms with Crippen molar-refractivity contribution in [1.29, 1.82) is 0 Å². The highest BCUT2D eigenvalue weighted by molar-refractivity contribution is 5.85. The summed E-state index contributed by atoms with van der Waals surface area (Å²) in [5.74, 6) is 1.92. The molecular weight excluding hydrogens is 588 g/mol. The topological polar surface area (TPSA) is 18.5 Å². The molecule has 0 spiro atoms. The number of nitrogens with zero attached hydrogens (tertiary/aromatic N) is 2. The van der Waals surface area contributed by atoms with Crippen LogP contribution in [0, 0.1) is 13.8 Å². The minimum Gasteiger partial charge on any atom is -0.487 e. The number of hydrogen-bond donors (Lipinski definition) is 0. The molecule has 4 rings (SSSR count). The predicted molar refractivity (Wildman–Crippen MR) is 206 cm³/mol. The van der Waals surface area contributed by atoms with Crippen LogP contribution in [-0.4, -0.2) is 77.1 Å². The van der Waals surface area contributed by atoms with E-state index in [0.29, 0.717) is 13.2 Å². The smallest absolute Gasteiger partial charge is 0.137 e. The van der Waals surface area contributed by atoms with Gasteiger partial charge >= 0.3 is 0 Å². The van der Waals surface area contributed by atoms with Gasteiger partial charge in [0.25, 0.3) is 0 Å². The molecule has 0 aromatic heterocycles. The van der Waals surface area contributed by atoms with Gasteiger partial charge in [0.05, 0.1) is 41.8 Å². The molecule has 4 heteroatoms. The third-order valence-corrected chi connectivity index (χ3v) is 10.8. The number of ether oxygens (including phenoxy) is 2. The quantitative estimate of drug-likeness (QED) is 0.0890. The molecule has 0 fully saturated rings. The van der Waals surface area contributed by atoms with Crippen molar-refractivity contribution >= 4 is 0 Å². The van der Waals surface area contributed by atoms with Crippen LogP contribution >= 0.6 is 0 Å². The second kappa shape index (κ2) is 16.7. The molecule has 0 saturated heterocycles. The van der Waals surface area contributed by atoms with Gasteiger partial charge in [0, 0.05) is 11.0 Å². The first kappa shape index (κ1) is 38.0. The minimum absolute atomic E-state index is 0.0481. The maximum Gasteiger partial charge on any atom is 0.137 e. The van der Waals surface area contributed by atoms with Gasteiger partial charge in [-0.3, -0.25) is 0 Å².